The van der Waals surface area contributed by atoms with Gasteiger partial charge in [0.1, 0.15) is 5.82 Å². The maximum absolute atomic E-state index is 14.1. The van der Waals surface area contributed by atoms with E-state index in [1.807, 2.05) is 6.07 Å². The first-order valence-corrected chi connectivity index (χ1v) is 7.71. The Kier molecular flexibility index (Phi) is 4.96. The van der Waals surface area contributed by atoms with E-state index in [-0.39, 0.29) is 18.3 Å². The molecule has 0 bridgehead atoms. The molecule has 1 heterocycles. The molecule has 0 aliphatic carbocycles. The SMILES string of the molecule is COCc1c(C(=O)N(C)CC(C)C)sc2cccc(F)c12. The van der Waals surface area contributed by atoms with E-state index in [1.54, 1.807) is 25.1 Å². The maximum atomic E-state index is 14.1. The average Bonchev–Trinajstić information content (AvgIpc) is 2.78. The highest BCUT2D eigenvalue weighted by Crippen LogP contribution is 2.34. The number of methoxy groups -OCH3 is 1. The molecule has 1 aromatic heterocycles. The van der Waals surface area contributed by atoms with Gasteiger partial charge >= 0.3 is 0 Å². The fraction of sp³-hybridized carbons (Fsp3) is 0.438. The lowest BCUT2D eigenvalue weighted by molar-refractivity contribution is 0.0779. The molecule has 2 rings (SSSR count). The standard InChI is InChI=1S/C16H20FNO2S/c1-10(2)8-18(3)16(19)15-11(9-20-4)14-12(17)6-5-7-13(14)21-15/h5-7,10H,8-9H2,1-4H3. The van der Waals surface area contributed by atoms with Crippen LogP contribution in [0.2, 0.25) is 0 Å². The van der Waals surface area contributed by atoms with Gasteiger partial charge in [-0.05, 0) is 18.1 Å². The van der Waals surface area contributed by atoms with E-state index < -0.39 is 0 Å². The van der Waals surface area contributed by atoms with E-state index in [9.17, 15) is 9.18 Å². The summed E-state index contributed by atoms with van der Waals surface area (Å²) in [4.78, 5) is 14.9. The first-order chi connectivity index (χ1) is 9.95. The van der Waals surface area contributed by atoms with Gasteiger partial charge in [0.25, 0.3) is 5.91 Å². The number of fused-ring (bicyclic) bond motifs is 1. The van der Waals surface area contributed by atoms with Gasteiger partial charge in [-0.3, -0.25) is 4.79 Å². The molecule has 21 heavy (non-hydrogen) atoms. The van der Waals surface area contributed by atoms with Gasteiger partial charge in [0.15, 0.2) is 0 Å². The molecule has 3 nitrogen and oxygen atoms in total. The van der Waals surface area contributed by atoms with Gasteiger partial charge in [0.05, 0.1) is 11.5 Å². The molecule has 0 N–H and O–H groups in total. The van der Waals surface area contributed by atoms with Gasteiger partial charge in [-0.2, -0.15) is 0 Å². The molecule has 2 aromatic rings. The molecule has 0 saturated heterocycles. The summed E-state index contributed by atoms with van der Waals surface area (Å²) in [6.07, 6.45) is 0. The summed E-state index contributed by atoms with van der Waals surface area (Å²) in [6.45, 7) is 5.02. The molecule has 0 atom stereocenters. The second kappa shape index (κ2) is 6.54. The second-order valence-corrected chi connectivity index (χ2v) is 6.59. The molecule has 0 saturated carbocycles. The molecule has 0 aliphatic heterocycles. The molecule has 1 amide bonds. The number of thiophene rings is 1. The number of benzene rings is 1. The van der Waals surface area contributed by atoms with Gasteiger partial charge in [0.2, 0.25) is 0 Å². The third-order valence-electron chi connectivity index (χ3n) is 3.23. The Hall–Kier alpha value is -1.46. The van der Waals surface area contributed by atoms with Crippen LogP contribution in [0.25, 0.3) is 10.1 Å². The van der Waals surface area contributed by atoms with Crippen LogP contribution in [0.3, 0.4) is 0 Å². The highest BCUT2D eigenvalue weighted by molar-refractivity contribution is 7.21. The van der Waals surface area contributed by atoms with Crippen molar-refractivity contribution in [1.82, 2.24) is 4.90 Å². The van der Waals surface area contributed by atoms with Crippen molar-refractivity contribution in [3.8, 4) is 0 Å². The molecule has 114 valence electrons. The first-order valence-electron chi connectivity index (χ1n) is 6.90. The second-order valence-electron chi connectivity index (χ2n) is 5.54. The van der Waals surface area contributed by atoms with Crippen molar-refractivity contribution in [2.45, 2.75) is 20.5 Å². The van der Waals surface area contributed by atoms with Crippen molar-refractivity contribution < 1.29 is 13.9 Å². The number of amides is 1. The van der Waals surface area contributed by atoms with Crippen molar-refractivity contribution in [3.63, 3.8) is 0 Å². The largest absolute Gasteiger partial charge is 0.380 e. The summed E-state index contributed by atoms with van der Waals surface area (Å²) in [7, 11) is 3.33. The zero-order valence-electron chi connectivity index (χ0n) is 12.8. The summed E-state index contributed by atoms with van der Waals surface area (Å²) in [5, 5.41) is 0.505. The van der Waals surface area contributed by atoms with Crippen LogP contribution in [0, 0.1) is 11.7 Å². The monoisotopic (exact) mass is 309 g/mol. The highest BCUT2D eigenvalue weighted by Gasteiger charge is 2.23. The minimum absolute atomic E-state index is 0.0728. The number of hydrogen-bond acceptors (Lipinski definition) is 3. The Morgan fingerprint density at radius 1 is 1.43 bits per heavy atom. The van der Waals surface area contributed by atoms with Crippen LogP contribution >= 0.6 is 11.3 Å². The lowest BCUT2D eigenvalue weighted by Gasteiger charge is -2.19. The van der Waals surface area contributed by atoms with E-state index in [4.69, 9.17) is 4.74 Å². The topological polar surface area (TPSA) is 29.5 Å². The van der Waals surface area contributed by atoms with Gasteiger partial charge in [0, 0.05) is 36.4 Å². The van der Waals surface area contributed by atoms with Crippen LogP contribution in [0.5, 0.6) is 0 Å². The van der Waals surface area contributed by atoms with Crippen LogP contribution in [0.15, 0.2) is 18.2 Å². The van der Waals surface area contributed by atoms with Crippen molar-refractivity contribution in [2.24, 2.45) is 5.92 Å². The third-order valence-corrected chi connectivity index (χ3v) is 4.42. The molecule has 0 unspecified atom stereocenters. The van der Waals surface area contributed by atoms with E-state index in [0.29, 0.717) is 28.3 Å². The summed E-state index contributed by atoms with van der Waals surface area (Å²) >= 11 is 1.33. The molecule has 0 fully saturated rings. The van der Waals surface area contributed by atoms with Crippen molar-refractivity contribution in [3.05, 3.63) is 34.5 Å². The fourth-order valence-electron chi connectivity index (χ4n) is 2.43. The van der Waals surface area contributed by atoms with Gasteiger partial charge < -0.3 is 9.64 Å². The van der Waals surface area contributed by atoms with Gasteiger partial charge in [-0.1, -0.05) is 19.9 Å². The lowest BCUT2D eigenvalue weighted by Crippen LogP contribution is -2.30. The molecule has 0 aliphatic rings. The molecule has 1 aromatic carbocycles. The number of nitrogens with zero attached hydrogens (tertiary/aromatic N) is 1. The smallest absolute Gasteiger partial charge is 0.264 e. The fourth-order valence-corrected chi connectivity index (χ4v) is 3.64. The maximum Gasteiger partial charge on any atom is 0.264 e. The molecule has 5 heteroatoms. The number of rotatable bonds is 5. The summed E-state index contributed by atoms with van der Waals surface area (Å²) in [6, 6.07) is 4.92. The lowest BCUT2D eigenvalue weighted by atomic mass is 10.1. The van der Waals surface area contributed by atoms with Crippen LogP contribution in [0.4, 0.5) is 4.39 Å². The van der Waals surface area contributed by atoms with Crippen molar-refractivity contribution >= 4 is 27.3 Å². The Balaban J connectivity index is 2.50. The number of ether oxygens (including phenoxy) is 1. The normalized spacial score (nSPS) is 11.3. The number of halogens is 1. The van der Waals surface area contributed by atoms with E-state index in [0.717, 1.165) is 4.70 Å². The number of carbonyl (C=O) groups is 1. The zero-order valence-corrected chi connectivity index (χ0v) is 13.6. The van der Waals surface area contributed by atoms with E-state index in [2.05, 4.69) is 13.8 Å². The predicted molar refractivity (Wildman–Crippen MR) is 84.3 cm³/mol. The first kappa shape index (κ1) is 15.9. The Morgan fingerprint density at radius 3 is 2.76 bits per heavy atom. The molecular weight excluding hydrogens is 289 g/mol. The van der Waals surface area contributed by atoms with Crippen molar-refractivity contribution in [1.29, 1.82) is 0 Å². The number of carbonyl (C=O) groups excluding carboxylic acids is 1. The van der Waals surface area contributed by atoms with Gasteiger partial charge in [-0.15, -0.1) is 11.3 Å². The minimum atomic E-state index is -0.304. The number of hydrogen-bond donors (Lipinski definition) is 0. The minimum Gasteiger partial charge on any atom is -0.380 e. The quantitative estimate of drug-likeness (QED) is 0.838. The molecular formula is C16H20FNO2S. The van der Waals surface area contributed by atoms with E-state index in [1.165, 1.54) is 17.4 Å². The third kappa shape index (κ3) is 3.24. The Morgan fingerprint density at radius 2 is 2.14 bits per heavy atom. The zero-order chi connectivity index (χ0) is 15.6. The van der Waals surface area contributed by atoms with Crippen molar-refractivity contribution in [2.75, 3.05) is 20.7 Å². The molecule has 0 radical (unpaired) electrons. The van der Waals surface area contributed by atoms with Gasteiger partial charge in [-0.25, -0.2) is 4.39 Å². The average molecular weight is 309 g/mol. The van der Waals surface area contributed by atoms with E-state index >= 15 is 0 Å². The molecule has 0 spiro atoms. The highest BCUT2D eigenvalue weighted by atomic mass is 32.1. The Bertz CT molecular complexity index is 651. The Labute approximate surface area is 128 Å². The summed E-state index contributed by atoms with van der Waals surface area (Å²) < 4.78 is 20.0. The van der Waals surface area contributed by atoms with Crippen LogP contribution in [-0.2, 0) is 11.3 Å². The van der Waals surface area contributed by atoms with Crippen LogP contribution in [0.1, 0.15) is 29.1 Å². The predicted octanol–water partition coefficient (Wildman–Crippen LogP) is 3.91. The van der Waals surface area contributed by atoms with Crippen LogP contribution < -0.4 is 0 Å². The summed E-state index contributed by atoms with van der Waals surface area (Å²) in [5.74, 6) is 0.00801. The van der Waals surface area contributed by atoms with Crippen LogP contribution in [-0.4, -0.2) is 31.5 Å². The summed E-state index contributed by atoms with van der Waals surface area (Å²) in [5.41, 5.74) is 0.649.